The van der Waals surface area contributed by atoms with Crippen molar-refractivity contribution < 1.29 is 9.53 Å². The smallest absolute Gasteiger partial charge is 0.337 e. The quantitative estimate of drug-likeness (QED) is 0.669. The molecule has 0 aliphatic rings. The Morgan fingerprint density at radius 3 is 2.85 bits per heavy atom. The summed E-state index contributed by atoms with van der Waals surface area (Å²) in [5.41, 5.74) is 3.16. The molecule has 0 unspecified atom stereocenters. The van der Waals surface area contributed by atoms with Gasteiger partial charge in [-0.25, -0.2) is 9.78 Å². The van der Waals surface area contributed by atoms with Crippen LogP contribution >= 0.6 is 0 Å². The predicted octanol–water partition coefficient (Wildman–Crippen LogP) is 2.42. The second-order valence-electron chi connectivity index (χ2n) is 4.43. The van der Waals surface area contributed by atoms with Crippen LogP contribution in [0.4, 0.5) is 0 Å². The highest BCUT2D eigenvalue weighted by molar-refractivity contribution is 5.94. The van der Waals surface area contributed by atoms with E-state index < -0.39 is 0 Å². The van der Waals surface area contributed by atoms with Crippen LogP contribution in [0.3, 0.4) is 0 Å². The topological polar surface area (TPSA) is 57.0 Å². The first-order chi connectivity index (χ1) is 9.70. The van der Waals surface area contributed by atoms with Crippen LogP contribution in [-0.4, -0.2) is 27.6 Å². The lowest BCUT2D eigenvalue weighted by Gasteiger charge is -2.02. The molecule has 100 valence electrons. The van der Waals surface area contributed by atoms with Crippen molar-refractivity contribution in [3.8, 4) is 11.4 Å². The van der Waals surface area contributed by atoms with E-state index in [0.29, 0.717) is 5.56 Å². The minimum absolute atomic E-state index is 0.351. The van der Waals surface area contributed by atoms with Crippen molar-refractivity contribution >= 4 is 17.0 Å². The minimum atomic E-state index is -0.351. The monoisotopic (exact) mass is 267 g/mol. The molecule has 0 spiro atoms. The number of ether oxygens (including phenoxy) is 1. The Labute approximate surface area is 115 Å². The molecule has 1 aromatic carbocycles. The molecule has 0 radical (unpaired) electrons. The van der Waals surface area contributed by atoms with Crippen LogP contribution in [0.15, 0.2) is 42.7 Å². The second kappa shape index (κ2) is 4.77. The Bertz CT molecular complexity index is 778. The van der Waals surface area contributed by atoms with Gasteiger partial charge in [0.2, 0.25) is 0 Å². The molecular weight excluding hydrogens is 254 g/mol. The summed E-state index contributed by atoms with van der Waals surface area (Å²) in [7, 11) is 3.29. The summed E-state index contributed by atoms with van der Waals surface area (Å²) >= 11 is 0. The highest BCUT2D eigenvalue weighted by Gasteiger charge is 2.13. The molecule has 0 fully saturated rings. The molecule has 2 aromatic heterocycles. The normalized spacial score (nSPS) is 10.7. The van der Waals surface area contributed by atoms with Crippen LogP contribution in [0.2, 0.25) is 0 Å². The van der Waals surface area contributed by atoms with E-state index in [1.54, 1.807) is 24.5 Å². The number of hydrogen-bond donors (Lipinski definition) is 0. The zero-order valence-electron chi connectivity index (χ0n) is 11.2. The number of aryl methyl sites for hydroxylation is 1. The van der Waals surface area contributed by atoms with Gasteiger partial charge < -0.3 is 9.30 Å². The van der Waals surface area contributed by atoms with Crippen molar-refractivity contribution in [2.75, 3.05) is 7.11 Å². The third-order valence-electron chi connectivity index (χ3n) is 3.22. The molecule has 20 heavy (non-hydrogen) atoms. The van der Waals surface area contributed by atoms with Crippen LogP contribution in [0.25, 0.3) is 22.4 Å². The number of hydrogen-bond acceptors (Lipinski definition) is 4. The van der Waals surface area contributed by atoms with Crippen molar-refractivity contribution in [3.05, 3.63) is 48.3 Å². The van der Waals surface area contributed by atoms with Crippen molar-refractivity contribution in [1.29, 1.82) is 0 Å². The number of carbonyl (C=O) groups excluding carboxylic acids is 1. The van der Waals surface area contributed by atoms with Gasteiger partial charge in [-0.05, 0) is 30.3 Å². The minimum Gasteiger partial charge on any atom is -0.465 e. The van der Waals surface area contributed by atoms with Gasteiger partial charge in [0, 0.05) is 25.0 Å². The van der Waals surface area contributed by atoms with Gasteiger partial charge in [-0.2, -0.15) is 0 Å². The van der Waals surface area contributed by atoms with Gasteiger partial charge in [0.1, 0.15) is 5.82 Å². The Morgan fingerprint density at radius 2 is 2.15 bits per heavy atom. The van der Waals surface area contributed by atoms with Crippen molar-refractivity contribution in [2.24, 2.45) is 7.05 Å². The fourth-order valence-electron chi connectivity index (χ4n) is 2.19. The molecular formula is C15H13N3O2. The molecule has 0 saturated carbocycles. The van der Waals surface area contributed by atoms with Crippen LogP contribution in [0, 0.1) is 0 Å². The molecule has 3 aromatic rings. The van der Waals surface area contributed by atoms with E-state index in [9.17, 15) is 4.79 Å². The molecule has 0 amide bonds. The van der Waals surface area contributed by atoms with E-state index in [4.69, 9.17) is 4.74 Å². The van der Waals surface area contributed by atoms with E-state index in [1.165, 1.54) is 7.11 Å². The van der Waals surface area contributed by atoms with Crippen LogP contribution in [0.1, 0.15) is 10.4 Å². The summed E-state index contributed by atoms with van der Waals surface area (Å²) in [6, 6.07) is 9.15. The van der Waals surface area contributed by atoms with E-state index in [-0.39, 0.29) is 5.97 Å². The average molecular weight is 267 g/mol. The summed E-state index contributed by atoms with van der Waals surface area (Å²) in [5, 5.41) is 0. The maximum absolute atomic E-state index is 11.6. The maximum atomic E-state index is 11.6. The first-order valence-electron chi connectivity index (χ1n) is 6.16. The highest BCUT2D eigenvalue weighted by Crippen LogP contribution is 2.23. The van der Waals surface area contributed by atoms with Crippen LogP contribution < -0.4 is 0 Å². The Hall–Kier alpha value is -2.69. The zero-order chi connectivity index (χ0) is 14.1. The Kier molecular flexibility index (Phi) is 2.95. The van der Waals surface area contributed by atoms with E-state index in [0.717, 1.165) is 22.4 Å². The fraction of sp³-hybridized carbons (Fsp3) is 0.133. The number of pyridine rings is 1. The summed E-state index contributed by atoms with van der Waals surface area (Å²) in [6.45, 7) is 0. The van der Waals surface area contributed by atoms with Crippen molar-refractivity contribution in [1.82, 2.24) is 14.5 Å². The largest absolute Gasteiger partial charge is 0.465 e. The van der Waals surface area contributed by atoms with Crippen molar-refractivity contribution in [2.45, 2.75) is 0 Å². The van der Waals surface area contributed by atoms with Gasteiger partial charge in [0.15, 0.2) is 0 Å². The zero-order valence-corrected chi connectivity index (χ0v) is 11.2. The standard InChI is InChI=1S/C15H13N3O2/c1-18-13-8-10(15(19)20-2)5-6-12(13)17-14(18)11-4-3-7-16-9-11/h3-9H,1-2H3. The first kappa shape index (κ1) is 12.3. The second-order valence-corrected chi connectivity index (χ2v) is 4.43. The number of fused-ring (bicyclic) bond motifs is 1. The van der Waals surface area contributed by atoms with E-state index >= 15 is 0 Å². The van der Waals surface area contributed by atoms with Gasteiger partial charge in [0.05, 0.1) is 23.7 Å². The van der Waals surface area contributed by atoms with Gasteiger partial charge in [-0.1, -0.05) is 0 Å². The summed E-state index contributed by atoms with van der Waals surface area (Å²) < 4.78 is 6.68. The number of methoxy groups -OCH3 is 1. The molecule has 0 atom stereocenters. The number of esters is 1. The number of nitrogens with zero attached hydrogens (tertiary/aromatic N) is 3. The molecule has 0 saturated heterocycles. The summed E-state index contributed by atoms with van der Waals surface area (Å²) in [4.78, 5) is 20.3. The predicted molar refractivity (Wildman–Crippen MR) is 75.3 cm³/mol. The lowest BCUT2D eigenvalue weighted by molar-refractivity contribution is 0.0601. The van der Waals surface area contributed by atoms with Gasteiger partial charge in [-0.15, -0.1) is 0 Å². The molecule has 0 aliphatic carbocycles. The molecule has 5 heteroatoms. The summed E-state index contributed by atoms with van der Waals surface area (Å²) in [5.74, 6) is 0.464. The molecule has 0 aliphatic heterocycles. The lowest BCUT2D eigenvalue weighted by Crippen LogP contribution is -2.01. The highest BCUT2D eigenvalue weighted by atomic mass is 16.5. The van der Waals surface area contributed by atoms with Crippen LogP contribution in [0.5, 0.6) is 0 Å². The number of benzene rings is 1. The third kappa shape index (κ3) is 1.93. The van der Waals surface area contributed by atoms with Crippen molar-refractivity contribution in [3.63, 3.8) is 0 Å². The van der Waals surface area contributed by atoms with E-state index in [1.807, 2.05) is 29.8 Å². The van der Waals surface area contributed by atoms with E-state index in [2.05, 4.69) is 9.97 Å². The van der Waals surface area contributed by atoms with Crippen LogP contribution in [-0.2, 0) is 11.8 Å². The molecule has 0 N–H and O–H groups in total. The molecule has 5 nitrogen and oxygen atoms in total. The third-order valence-corrected chi connectivity index (χ3v) is 3.22. The lowest BCUT2D eigenvalue weighted by atomic mass is 10.2. The number of rotatable bonds is 2. The fourth-order valence-corrected chi connectivity index (χ4v) is 2.19. The number of aromatic nitrogens is 3. The Balaban J connectivity index is 2.18. The maximum Gasteiger partial charge on any atom is 0.337 e. The first-order valence-corrected chi connectivity index (χ1v) is 6.16. The number of carbonyl (C=O) groups is 1. The molecule has 3 rings (SSSR count). The van der Waals surface area contributed by atoms with Gasteiger partial charge >= 0.3 is 5.97 Å². The molecule has 0 bridgehead atoms. The average Bonchev–Trinajstić information content (AvgIpc) is 2.84. The van der Waals surface area contributed by atoms with Gasteiger partial charge in [-0.3, -0.25) is 4.98 Å². The Morgan fingerprint density at radius 1 is 1.30 bits per heavy atom. The number of imidazole rings is 1. The molecule has 2 heterocycles. The SMILES string of the molecule is COC(=O)c1ccc2nc(-c3cccnc3)n(C)c2c1. The van der Waals surface area contributed by atoms with Gasteiger partial charge in [0.25, 0.3) is 0 Å². The summed E-state index contributed by atoms with van der Waals surface area (Å²) in [6.07, 6.45) is 3.49.